The van der Waals surface area contributed by atoms with Crippen LogP contribution in [0.15, 0.2) is 42.5 Å². The molecule has 2 atom stereocenters. The van der Waals surface area contributed by atoms with Crippen molar-refractivity contribution in [3.05, 3.63) is 48.0 Å². The lowest BCUT2D eigenvalue weighted by Crippen LogP contribution is -2.41. The third-order valence-electron chi connectivity index (χ3n) is 3.94. The second kappa shape index (κ2) is 8.86. The van der Waals surface area contributed by atoms with Gasteiger partial charge in [0.25, 0.3) is 0 Å². The number of imide groups is 1. The van der Waals surface area contributed by atoms with Gasteiger partial charge in [-0.2, -0.15) is 0 Å². The maximum absolute atomic E-state index is 11.9. The van der Waals surface area contributed by atoms with Crippen molar-refractivity contribution in [3.8, 4) is 0 Å². The number of nitrogens with zero attached hydrogens (tertiary/aromatic N) is 1. The standard InChI is InChI=1S/C18H21NO6/c1-24-16(20)11-7-3-6-10-15-14(12-13-8-4-2-5-9-13)19(17(21)22)18(23)25-15/h2,4-6,8-10,14-15H,3,7,11-12H2,1H3,(H,21,22)/b10-6+. The van der Waals surface area contributed by atoms with Gasteiger partial charge in [0.15, 0.2) is 0 Å². The van der Waals surface area contributed by atoms with Crippen LogP contribution in [-0.2, 0) is 20.7 Å². The van der Waals surface area contributed by atoms with E-state index >= 15 is 0 Å². The quantitative estimate of drug-likeness (QED) is 0.463. The van der Waals surface area contributed by atoms with Crippen LogP contribution in [0.1, 0.15) is 24.8 Å². The fourth-order valence-electron chi connectivity index (χ4n) is 2.68. The van der Waals surface area contributed by atoms with Gasteiger partial charge in [0.2, 0.25) is 0 Å². The molecule has 0 aromatic heterocycles. The van der Waals surface area contributed by atoms with Crippen molar-refractivity contribution < 1.29 is 29.0 Å². The molecule has 1 aromatic carbocycles. The van der Waals surface area contributed by atoms with Crippen molar-refractivity contribution >= 4 is 18.2 Å². The van der Waals surface area contributed by atoms with Gasteiger partial charge in [-0.3, -0.25) is 4.79 Å². The Morgan fingerprint density at radius 1 is 1.32 bits per heavy atom. The third kappa shape index (κ3) is 5.07. The number of ether oxygens (including phenoxy) is 2. The van der Waals surface area contributed by atoms with Crippen LogP contribution < -0.4 is 0 Å². The van der Waals surface area contributed by atoms with E-state index in [2.05, 4.69) is 4.74 Å². The predicted molar refractivity (Wildman–Crippen MR) is 89.1 cm³/mol. The first-order valence-corrected chi connectivity index (χ1v) is 8.03. The topological polar surface area (TPSA) is 93.1 Å². The van der Waals surface area contributed by atoms with Crippen LogP contribution in [0.2, 0.25) is 0 Å². The molecule has 7 nitrogen and oxygen atoms in total. The van der Waals surface area contributed by atoms with Crippen LogP contribution >= 0.6 is 0 Å². The van der Waals surface area contributed by atoms with E-state index in [4.69, 9.17) is 4.74 Å². The van der Waals surface area contributed by atoms with Crippen molar-refractivity contribution in [2.45, 2.75) is 37.8 Å². The highest BCUT2D eigenvalue weighted by atomic mass is 16.6. The van der Waals surface area contributed by atoms with Crippen molar-refractivity contribution in [2.24, 2.45) is 0 Å². The maximum atomic E-state index is 11.9. The summed E-state index contributed by atoms with van der Waals surface area (Å²) in [5.74, 6) is -0.278. The minimum Gasteiger partial charge on any atom is -0.469 e. The van der Waals surface area contributed by atoms with E-state index in [1.165, 1.54) is 7.11 Å². The third-order valence-corrected chi connectivity index (χ3v) is 3.94. The first-order chi connectivity index (χ1) is 12.0. The summed E-state index contributed by atoms with van der Waals surface area (Å²) in [6.45, 7) is 0. The van der Waals surface area contributed by atoms with Gasteiger partial charge in [-0.05, 0) is 30.9 Å². The molecule has 0 radical (unpaired) electrons. The van der Waals surface area contributed by atoms with Gasteiger partial charge in [-0.15, -0.1) is 0 Å². The molecular formula is C18H21NO6. The number of cyclic esters (lactones) is 1. The predicted octanol–water partition coefficient (Wildman–Crippen LogP) is 3.00. The molecule has 134 valence electrons. The summed E-state index contributed by atoms with van der Waals surface area (Å²) in [6, 6.07) is 8.71. The smallest absolute Gasteiger partial charge is 0.420 e. The SMILES string of the molecule is COC(=O)CCC/C=C/C1OC(=O)N(C(=O)O)C1Cc1ccccc1. The Balaban J connectivity index is 2.02. The van der Waals surface area contributed by atoms with Crippen molar-refractivity contribution in [2.75, 3.05) is 7.11 Å². The summed E-state index contributed by atoms with van der Waals surface area (Å²) in [7, 11) is 1.34. The molecule has 1 aliphatic heterocycles. The van der Waals surface area contributed by atoms with E-state index in [0.29, 0.717) is 25.7 Å². The van der Waals surface area contributed by atoms with E-state index in [1.807, 2.05) is 30.3 Å². The summed E-state index contributed by atoms with van der Waals surface area (Å²) in [4.78, 5) is 35.1. The molecule has 0 saturated carbocycles. The highest BCUT2D eigenvalue weighted by Crippen LogP contribution is 2.24. The van der Waals surface area contributed by atoms with Crippen LogP contribution in [0.5, 0.6) is 0 Å². The number of methoxy groups -OCH3 is 1. The fraction of sp³-hybridized carbons (Fsp3) is 0.389. The Kier molecular flexibility index (Phi) is 6.56. The summed E-state index contributed by atoms with van der Waals surface area (Å²) in [5.41, 5.74) is 0.918. The lowest BCUT2D eigenvalue weighted by molar-refractivity contribution is -0.140. The molecule has 1 heterocycles. The Morgan fingerprint density at radius 2 is 2.04 bits per heavy atom. The minimum absolute atomic E-state index is 0.278. The number of benzene rings is 1. The Hall–Kier alpha value is -2.83. The first kappa shape index (κ1) is 18.5. The molecule has 2 unspecified atom stereocenters. The number of unbranched alkanes of at least 4 members (excludes halogenated alkanes) is 1. The van der Waals surface area contributed by atoms with Crippen molar-refractivity contribution in [3.63, 3.8) is 0 Å². The molecule has 1 aliphatic rings. The van der Waals surface area contributed by atoms with Gasteiger partial charge in [0, 0.05) is 6.42 Å². The zero-order chi connectivity index (χ0) is 18.2. The van der Waals surface area contributed by atoms with Gasteiger partial charge in [0.05, 0.1) is 13.2 Å². The van der Waals surface area contributed by atoms with Gasteiger partial charge in [-0.1, -0.05) is 36.4 Å². The Morgan fingerprint density at radius 3 is 2.68 bits per heavy atom. The zero-order valence-corrected chi connectivity index (χ0v) is 14.0. The minimum atomic E-state index is -1.33. The molecule has 1 saturated heterocycles. The molecule has 0 bridgehead atoms. The lowest BCUT2D eigenvalue weighted by Gasteiger charge is -2.19. The second-order valence-electron chi connectivity index (χ2n) is 5.65. The number of amides is 2. The molecule has 0 spiro atoms. The largest absolute Gasteiger partial charge is 0.469 e. The van der Waals surface area contributed by atoms with Gasteiger partial charge in [0.1, 0.15) is 6.10 Å². The van der Waals surface area contributed by atoms with Crippen LogP contribution in [0.4, 0.5) is 9.59 Å². The molecule has 25 heavy (non-hydrogen) atoms. The molecule has 2 rings (SSSR count). The summed E-state index contributed by atoms with van der Waals surface area (Å²) in [6.07, 6.45) is 2.53. The van der Waals surface area contributed by atoms with Crippen LogP contribution in [0.3, 0.4) is 0 Å². The first-order valence-electron chi connectivity index (χ1n) is 8.03. The number of carboxylic acid groups (broad SMARTS) is 1. The van der Waals surface area contributed by atoms with Gasteiger partial charge < -0.3 is 14.6 Å². The van der Waals surface area contributed by atoms with E-state index in [9.17, 15) is 19.5 Å². The molecule has 7 heteroatoms. The zero-order valence-electron chi connectivity index (χ0n) is 14.0. The number of hydrogen-bond donors (Lipinski definition) is 1. The Bertz CT molecular complexity index is 642. The average molecular weight is 347 g/mol. The van der Waals surface area contributed by atoms with Crippen molar-refractivity contribution in [1.82, 2.24) is 4.90 Å². The van der Waals surface area contributed by atoms with E-state index in [0.717, 1.165) is 10.5 Å². The van der Waals surface area contributed by atoms with E-state index in [1.54, 1.807) is 12.2 Å². The van der Waals surface area contributed by atoms with E-state index in [-0.39, 0.29) is 5.97 Å². The lowest BCUT2D eigenvalue weighted by atomic mass is 10.0. The number of allylic oxidation sites excluding steroid dienone is 1. The molecular weight excluding hydrogens is 326 g/mol. The molecule has 1 N–H and O–H groups in total. The molecule has 0 aliphatic carbocycles. The van der Waals surface area contributed by atoms with Crippen LogP contribution in [-0.4, -0.2) is 47.4 Å². The number of carbonyl (C=O) groups is 3. The number of esters is 1. The highest BCUT2D eigenvalue weighted by Gasteiger charge is 2.44. The summed E-state index contributed by atoms with van der Waals surface area (Å²) in [5, 5.41) is 9.30. The van der Waals surface area contributed by atoms with Crippen LogP contribution in [0, 0.1) is 0 Å². The molecule has 1 aromatic rings. The fourth-order valence-corrected chi connectivity index (χ4v) is 2.68. The number of hydrogen-bond acceptors (Lipinski definition) is 5. The molecule has 2 amide bonds. The van der Waals surface area contributed by atoms with E-state index < -0.39 is 24.3 Å². The number of rotatable bonds is 7. The summed E-state index contributed by atoms with van der Waals surface area (Å²) >= 11 is 0. The monoisotopic (exact) mass is 347 g/mol. The normalized spacial score (nSPS) is 19.9. The second-order valence-corrected chi connectivity index (χ2v) is 5.65. The maximum Gasteiger partial charge on any atom is 0.420 e. The van der Waals surface area contributed by atoms with Crippen molar-refractivity contribution in [1.29, 1.82) is 0 Å². The summed E-state index contributed by atoms with van der Waals surface area (Å²) < 4.78 is 9.76. The number of carbonyl (C=O) groups excluding carboxylic acids is 2. The highest BCUT2D eigenvalue weighted by molar-refractivity contribution is 5.89. The van der Waals surface area contributed by atoms with Gasteiger partial charge in [-0.25, -0.2) is 14.5 Å². The Labute approximate surface area is 145 Å². The van der Waals surface area contributed by atoms with Crippen LogP contribution in [0.25, 0.3) is 0 Å². The average Bonchev–Trinajstić information content (AvgIpc) is 2.90. The van der Waals surface area contributed by atoms with Gasteiger partial charge >= 0.3 is 18.2 Å². The molecule has 1 fully saturated rings.